The molecule has 30 heavy (non-hydrogen) atoms. The van der Waals surface area contributed by atoms with Crippen LogP contribution in [0.3, 0.4) is 0 Å². The van der Waals surface area contributed by atoms with E-state index in [0.29, 0.717) is 39.4 Å². The zero-order valence-electron chi connectivity index (χ0n) is 16.8. The molecule has 2 aromatic carbocycles. The number of halogens is 1. The Morgan fingerprint density at radius 2 is 2.00 bits per heavy atom. The van der Waals surface area contributed by atoms with E-state index in [0.717, 1.165) is 0 Å². The van der Waals surface area contributed by atoms with Crippen molar-refractivity contribution in [2.75, 3.05) is 19.5 Å². The summed E-state index contributed by atoms with van der Waals surface area (Å²) in [5.74, 6) is 1.13. The number of aromatic nitrogens is 3. The van der Waals surface area contributed by atoms with Crippen LogP contribution in [0.15, 0.2) is 47.6 Å². The van der Waals surface area contributed by atoms with Crippen molar-refractivity contribution in [3.05, 3.63) is 53.8 Å². The number of thioether (sulfide) groups is 1. The average Bonchev–Trinajstić information content (AvgIpc) is 3.11. The summed E-state index contributed by atoms with van der Waals surface area (Å²) in [7, 11) is 3.23. The molecule has 0 fully saturated rings. The van der Waals surface area contributed by atoms with E-state index in [2.05, 4.69) is 10.2 Å². The molecule has 1 unspecified atom stereocenters. The number of methoxy groups -OCH3 is 1. The minimum atomic E-state index is -0.791. The lowest BCUT2D eigenvalue weighted by molar-refractivity contribution is 0.101. The molecular formula is C21H22FN3O4S. The van der Waals surface area contributed by atoms with Gasteiger partial charge in [0.25, 0.3) is 0 Å². The van der Waals surface area contributed by atoms with Crippen molar-refractivity contribution in [2.24, 2.45) is 7.05 Å². The molecule has 0 aliphatic carbocycles. The smallest absolute Gasteiger partial charge is 0.191 e. The third-order valence-corrected chi connectivity index (χ3v) is 5.52. The van der Waals surface area contributed by atoms with E-state index in [1.807, 2.05) is 0 Å². The topological polar surface area (TPSA) is 86.5 Å². The number of aliphatic hydroxyl groups is 1. The van der Waals surface area contributed by atoms with Gasteiger partial charge in [-0.2, -0.15) is 0 Å². The predicted molar refractivity (Wildman–Crippen MR) is 112 cm³/mol. The van der Waals surface area contributed by atoms with Gasteiger partial charge < -0.3 is 19.1 Å². The highest BCUT2D eigenvalue weighted by Crippen LogP contribution is 2.29. The number of hydrogen-bond donors (Lipinski definition) is 1. The number of nitrogens with zero attached hydrogens (tertiary/aromatic N) is 3. The molecule has 0 aliphatic heterocycles. The molecule has 1 atom stereocenters. The zero-order valence-corrected chi connectivity index (χ0v) is 17.6. The molecule has 3 aromatic rings. The van der Waals surface area contributed by atoms with Crippen molar-refractivity contribution in [3.8, 4) is 22.9 Å². The van der Waals surface area contributed by atoms with Crippen LogP contribution in [0.4, 0.5) is 4.39 Å². The Labute approximate surface area is 177 Å². The van der Waals surface area contributed by atoms with Crippen molar-refractivity contribution in [1.82, 2.24) is 14.8 Å². The van der Waals surface area contributed by atoms with Gasteiger partial charge in [-0.25, -0.2) is 4.39 Å². The number of aliphatic hydroxyl groups excluding tert-OH is 1. The van der Waals surface area contributed by atoms with Crippen LogP contribution in [0, 0.1) is 5.82 Å². The van der Waals surface area contributed by atoms with Gasteiger partial charge in [0.1, 0.15) is 12.4 Å². The van der Waals surface area contributed by atoms with E-state index in [4.69, 9.17) is 9.47 Å². The standard InChI is InChI=1S/C21H22FN3O4S/c1-13(26)14-8-9-18(19(10-14)28-3)29-11-15(27)12-30-21-24-23-20(25(21)2)16-6-4-5-7-17(16)22/h4-10,15,27H,11-12H2,1-3H3. The van der Waals surface area contributed by atoms with Gasteiger partial charge in [0.15, 0.2) is 28.3 Å². The molecule has 7 nitrogen and oxygen atoms in total. The number of Topliss-reactive ketones (excluding diaryl/α,β-unsaturated/α-hetero) is 1. The monoisotopic (exact) mass is 431 g/mol. The van der Waals surface area contributed by atoms with E-state index >= 15 is 0 Å². The molecule has 0 radical (unpaired) electrons. The molecule has 1 aromatic heterocycles. The zero-order chi connectivity index (χ0) is 21.7. The Hall–Kier alpha value is -2.91. The third kappa shape index (κ3) is 4.98. The minimum Gasteiger partial charge on any atom is -0.493 e. The molecule has 0 amide bonds. The number of carbonyl (C=O) groups is 1. The third-order valence-electron chi connectivity index (χ3n) is 4.36. The number of ether oxygens (including phenoxy) is 2. The summed E-state index contributed by atoms with van der Waals surface area (Å²) >= 11 is 1.29. The first kappa shape index (κ1) is 21.8. The van der Waals surface area contributed by atoms with E-state index in [-0.39, 0.29) is 18.2 Å². The Morgan fingerprint density at radius 3 is 2.70 bits per heavy atom. The molecule has 0 saturated heterocycles. The molecule has 0 saturated carbocycles. The fraction of sp³-hybridized carbons (Fsp3) is 0.286. The van der Waals surface area contributed by atoms with E-state index < -0.39 is 6.10 Å². The van der Waals surface area contributed by atoms with Gasteiger partial charge >= 0.3 is 0 Å². The fourth-order valence-electron chi connectivity index (χ4n) is 2.73. The van der Waals surface area contributed by atoms with Crippen LogP contribution >= 0.6 is 11.8 Å². The SMILES string of the molecule is COc1cc(C(C)=O)ccc1OCC(O)CSc1nnc(-c2ccccc2F)n1C. The van der Waals surface area contributed by atoms with Crippen LogP contribution in [0.2, 0.25) is 0 Å². The minimum absolute atomic E-state index is 0.0286. The van der Waals surface area contributed by atoms with Gasteiger partial charge in [0, 0.05) is 18.4 Å². The normalized spacial score (nSPS) is 11.9. The number of rotatable bonds is 9. The van der Waals surface area contributed by atoms with Crippen molar-refractivity contribution in [3.63, 3.8) is 0 Å². The first-order valence-electron chi connectivity index (χ1n) is 9.17. The average molecular weight is 431 g/mol. The molecule has 158 valence electrons. The number of ketones is 1. The van der Waals surface area contributed by atoms with Crippen LogP contribution in [0.1, 0.15) is 17.3 Å². The first-order valence-corrected chi connectivity index (χ1v) is 10.2. The highest BCUT2D eigenvalue weighted by atomic mass is 32.2. The van der Waals surface area contributed by atoms with Gasteiger partial charge in [-0.15, -0.1) is 10.2 Å². The summed E-state index contributed by atoms with van der Waals surface area (Å²) in [6, 6.07) is 11.2. The van der Waals surface area contributed by atoms with E-state index in [9.17, 15) is 14.3 Å². The van der Waals surface area contributed by atoms with Gasteiger partial charge in [-0.1, -0.05) is 23.9 Å². The molecule has 1 N–H and O–H groups in total. The fourth-order valence-corrected chi connectivity index (χ4v) is 3.54. The number of benzene rings is 2. The van der Waals surface area contributed by atoms with Crippen LogP contribution in [-0.4, -0.2) is 51.2 Å². The lowest BCUT2D eigenvalue weighted by Crippen LogP contribution is -2.20. The maximum Gasteiger partial charge on any atom is 0.191 e. The maximum absolute atomic E-state index is 14.0. The molecular weight excluding hydrogens is 409 g/mol. The van der Waals surface area contributed by atoms with E-state index in [1.54, 1.807) is 48.0 Å². The summed E-state index contributed by atoms with van der Waals surface area (Å²) in [4.78, 5) is 11.5. The highest BCUT2D eigenvalue weighted by molar-refractivity contribution is 7.99. The van der Waals surface area contributed by atoms with Crippen molar-refractivity contribution in [1.29, 1.82) is 0 Å². The molecule has 0 bridgehead atoms. The van der Waals surface area contributed by atoms with Crippen molar-refractivity contribution >= 4 is 17.5 Å². The summed E-state index contributed by atoms with van der Waals surface area (Å²) < 4.78 is 26.6. The second kappa shape index (κ2) is 9.73. The Morgan fingerprint density at radius 1 is 1.23 bits per heavy atom. The van der Waals surface area contributed by atoms with E-state index in [1.165, 1.54) is 31.9 Å². The summed E-state index contributed by atoms with van der Waals surface area (Å²) in [5, 5.41) is 19.0. The predicted octanol–water partition coefficient (Wildman–Crippen LogP) is 3.36. The molecule has 1 heterocycles. The summed E-state index contributed by atoms with van der Waals surface area (Å²) in [6.45, 7) is 1.50. The quantitative estimate of drug-likeness (QED) is 0.411. The highest BCUT2D eigenvalue weighted by Gasteiger charge is 2.16. The molecule has 0 aliphatic rings. The van der Waals surface area contributed by atoms with Crippen molar-refractivity contribution in [2.45, 2.75) is 18.2 Å². The van der Waals surface area contributed by atoms with Gasteiger partial charge in [0.2, 0.25) is 0 Å². The summed E-state index contributed by atoms with van der Waals surface area (Å²) in [6.07, 6.45) is -0.791. The largest absolute Gasteiger partial charge is 0.493 e. The van der Waals surface area contributed by atoms with Crippen molar-refractivity contribution < 1.29 is 23.8 Å². The van der Waals surface area contributed by atoms with Gasteiger partial charge in [0.05, 0.1) is 18.8 Å². The Kier molecular flexibility index (Phi) is 7.07. The van der Waals surface area contributed by atoms with Crippen LogP contribution in [0.25, 0.3) is 11.4 Å². The first-order chi connectivity index (χ1) is 14.4. The summed E-state index contributed by atoms with van der Waals surface area (Å²) in [5.41, 5.74) is 0.882. The van der Waals surface area contributed by atoms with Gasteiger partial charge in [-0.05, 0) is 37.3 Å². The molecule has 9 heteroatoms. The maximum atomic E-state index is 14.0. The second-order valence-corrected chi connectivity index (χ2v) is 7.53. The van der Waals surface area contributed by atoms with Crippen LogP contribution in [0.5, 0.6) is 11.5 Å². The van der Waals surface area contributed by atoms with Crippen LogP contribution < -0.4 is 9.47 Å². The second-order valence-electron chi connectivity index (χ2n) is 6.54. The Bertz CT molecular complexity index is 1040. The number of carbonyl (C=O) groups excluding carboxylic acids is 1. The Balaban J connectivity index is 1.59. The molecule has 0 spiro atoms. The number of hydrogen-bond acceptors (Lipinski definition) is 7. The lowest BCUT2D eigenvalue weighted by Gasteiger charge is -2.14. The molecule has 3 rings (SSSR count). The van der Waals surface area contributed by atoms with Crippen LogP contribution in [-0.2, 0) is 7.05 Å². The lowest BCUT2D eigenvalue weighted by atomic mass is 10.1. The van der Waals surface area contributed by atoms with Gasteiger partial charge in [-0.3, -0.25) is 4.79 Å².